The van der Waals surface area contributed by atoms with Gasteiger partial charge in [0.2, 0.25) is 5.91 Å². The molecule has 3 nitrogen and oxygen atoms in total. The third-order valence-electron chi connectivity index (χ3n) is 3.34. The molecule has 3 N–H and O–H groups in total. The van der Waals surface area contributed by atoms with Crippen LogP contribution in [0, 0.1) is 0 Å². The average molecular weight is 384 g/mol. The fraction of sp³-hybridized carbons (Fsp3) is 0.316. The molecule has 1 aliphatic rings. The molecule has 0 unspecified atom stereocenters. The molecule has 142 valence electrons. The first kappa shape index (κ1) is 22.1. The third kappa shape index (κ3) is 7.49. The first-order chi connectivity index (χ1) is 12.5. The SMILES string of the molecule is CN.FC(F)(F)c1ccccc1-c1ccccc1.O=C1CSCCCN1. The third-order valence-corrected chi connectivity index (χ3v) is 4.38. The Kier molecular flexibility index (Phi) is 9.83. The van der Waals surface area contributed by atoms with Crippen molar-refractivity contribution in [1.82, 2.24) is 5.32 Å². The van der Waals surface area contributed by atoms with Gasteiger partial charge in [-0.05, 0) is 36.4 Å². The quantitative estimate of drug-likeness (QED) is 0.775. The lowest BCUT2D eigenvalue weighted by molar-refractivity contribution is -0.137. The molecule has 1 amide bonds. The van der Waals surface area contributed by atoms with Gasteiger partial charge in [-0.2, -0.15) is 24.9 Å². The van der Waals surface area contributed by atoms with E-state index in [9.17, 15) is 18.0 Å². The number of amides is 1. The summed E-state index contributed by atoms with van der Waals surface area (Å²) in [5, 5.41) is 2.78. The zero-order valence-corrected chi connectivity index (χ0v) is 15.4. The molecule has 0 bridgehead atoms. The van der Waals surface area contributed by atoms with E-state index >= 15 is 0 Å². The van der Waals surface area contributed by atoms with Crippen molar-refractivity contribution in [2.75, 3.05) is 25.1 Å². The van der Waals surface area contributed by atoms with E-state index < -0.39 is 11.7 Å². The molecule has 0 saturated carbocycles. The van der Waals surface area contributed by atoms with Crippen LogP contribution in [0.3, 0.4) is 0 Å². The van der Waals surface area contributed by atoms with Gasteiger partial charge < -0.3 is 11.1 Å². The summed E-state index contributed by atoms with van der Waals surface area (Å²) in [5.74, 6) is 1.96. The number of thioether (sulfide) groups is 1. The topological polar surface area (TPSA) is 55.1 Å². The molecule has 7 heteroatoms. The van der Waals surface area contributed by atoms with E-state index in [1.807, 2.05) is 0 Å². The molecule has 1 aliphatic heterocycles. The minimum absolute atomic E-state index is 0.188. The fourth-order valence-corrected chi connectivity index (χ4v) is 3.00. The van der Waals surface area contributed by atoms with Crippen molar-refractivity contribution in [2.24, 2.45) is 5.73 Å². The van der Waals surface area contributed by atoms with Crippen molar-refractivity contribution in [3.8, 4) is 11.1 Å². The van der Waals surface area contributed by atoms with E-state index in [-0.39, 0.29) is 11.5 Å². The summed E-state index contributed by atoms with van der Waals surface area (Å²) in [5.41, 5.74) is 4.70. The van der Waals surface area contributed by atoms with Crippen LogP contribution in [0.4, 0.5) is 13.2 Å². The fourth-order valence-electron chi connectivity index (χ4n) is 2.22. The lowest BCUT2D eigenvalue weighted by Crippen LogP contribution is -2.23. The standard InChI is InChI=1S/C13H9F3.C5H9NOS.CH5N/c14-13(15,16)12-9-5-4-8-11(12)10-6-2-1-3-7-10;7-5-4-8-3-1-2-6-5;1-2/h1-9H;1-4H2,(H,6,7);2H2,1H3. The average Bonchev–Trinajstić information content (AvgIpc) is 2.91. The largest absolute Gasteiger partial charge is 0.417 e. The zero-order valence-electron chi connectivity index (χ0n) is 14.6. The Balaban J connectivity index is 0.000000284. The molecule has 2 aromatic carbocycles. The Hall–Kier alpha value is -1.99. The van der Waals surface area contributed by atoms with Crippen LogP contribution >= 0.6 is 11.8 Å². The van der Waals surface area contributed by atoms with Gasteiger partial charge >= 0.3 is 6.18 Å². The van der Waals surface area contributed by atoms with E-state index in [2.05, 4.69) is 11.1 Å². The number of carbonyl (C=O) groups excluding carboxylic acids is 1. The van der Waals surface area contributed by atoms with Crippen molar-refractivity contribution in [2.45, 2.75) is 12.6 Å². The number of rotatable bonds is 1. The van der Waals surface area contributed by atoms with Gasteiger partial charge in [0.05, 0.1) is 11.3 Å². The van der Waals surface area contributed by atoms with Gasteiger partial charge in [0.15, 0.2) is 0 Å². The van der Waals surface area contributed by atoms with Crippen molar-refractivity contribution < 1.29 is 18.0 Å². The Morgan fingerprint density at radius 2 is 1.62 bits per heavy atom. The molecular weight excluding hydrogens is 361 g/mol. The van der Waals surface area contributed by atoms with E-state index in [1.165, 1.54) is 19.2 Å². The molecule has 26 heavy (non-hydrogen) atoms. The monoisotopic (exact) mass is 384 g/mol. The van der Waals surface area contributed by atoms with Crippen molar-refractivity contribution in [1.29, 1.82) is 0 Å². The summed E-state index contributed by atoms with van der Waals surface area (Å²) in [6.45, 7) is 0.867. The van der Waals surface area contributed by atoms with E-state index in [1.54, 1.807) is 48.2 Å². The second-order valence-corrected chi connectivity index (χ2v) is 6.27. The lowest BCUT2D eigenvalue weighted by atomic mass is 9.99. The first-order valence-corrected chi connectivity index (χ1v) is 9.28. The minimum Gasteiger partial charge on any atom is -0.355 e. The summed E-state index contributed by atoms with van der Waals surface area (Å²) in [6.07, 6.45) is -3.19. The molecule has 1 fully saturated rings. The van der Waals surface area contributed by atoms with Gasteiger partial charge in [-0.3, -0.25) is 4.79 Å². The number of hydrogen-bond donors (Lipinski definition) is 2. The van der Waals surface area contributed by atoms with Crippen LogP contribution in [0.1, 0.15) is 12.0 Å². The summed E-state index contributed by atoms with van der Waals surface area (Å²) < 4.78 is 38.2. The summed E-state index contributed by atoms with van der Waals surface area (Å²) in [4.78, 5) is 10.6. The number of nitrogens with one attached hydrogen (secondary N) is 1. The normalized spacial score (nSPS) is 14.0. The maximum atomic E-state index is 12.7. The van der Waals surface area contributed by atoms with Gasteiger partial charge in [-0.25, -0.2) is 0 Å². The van der Waals surface area contributed by atoms with Crippen LogP contribution in [-0.4, -0.2) is 31.0 Å². The number of carbonyl (C=O) groups is 1. The van der Waals surface area contributed by atoms with E-state index in [0.29, 0.717) is 11.3 Å². The molecule has 1 saturated heterocycles. The second kappa shape index (κ2) is 11.6. The highest BCUT2D eigenvalue weighted by molar-refractivity contribution is 7.99. The van der Waals surface area contributed by atoms with Crippen LogP contribution in [0.5, 0.6) is 0 Å². The van der Waals surface area contributed by atoms with Crippen LogP contribution in [0.2, 0.25) is 0 Å². The maximum absolute atomic E-state index is 12.7. The van der Waals surface area contributed by atoms with Crippen molar-refractivity contribution in [3.63, 3.8) is 0 Å². The zero-order chi connectivity index (χ0) is 19.4. The number of benzene rings is 2. The maximum Gasteiger partial charge on any atom is 0.417 e. The highest BCUT2D eigenvalue weighted by Gasteiger charge is 2.33. The predicted octanol–water partition coefficient (Wildman–Crippen LogP) is 4.19. The first-order valence-electron chi connectivity index (χ1n) is 8.12. The molecule has 1 heterocycles. The molecule has 0 atom stereocenters. The predicted molar refractivity (Wildman–Crippen MR) is 102 cm³/mol. The lowest BCUT2D eigenvalue weighted by Gasteiger charge is -2.12. The van der Waals surface area contributed by atoms with Gasteiger partial charge in [0, 0.05) is 6.54 Å². The number of alkyl halides is 3. The second-order valence-electron chi connectivity index (χ2n) is 5.17. The minimum atomic E-state index is -4.31. The van der Waals surface area contributed by atoms with Crippen LogP contribution in [0.15, 0.2) is 54.6 Å². The smallest absolute Gasteiger partial charge is 0.355 e. The molecule has 3 rings (SSSR count). The number of nitrogens with two attached hydrogens (primary N) is 1. The summed E-state index contributed by atoms with van der Waals surface area (Å²) in [7, 11) is 1.50. The molecule has 0 aromatic heterocycles. The van der Waals surface area contributed by atoms with E-state index in [4.69, 9.17) is 0 Å². The van der Waals surface area contributed by atoms with Gasteiger partial charge in [-0.15, -0.1) is 0 Å². The highest BCUT2D eigenvalue weighted by Crippen LogP contribution is 2.36. The molecule has 0 spiro atoms. The Morgan fingerprint density at radius 1 is 1.00 bits per heavy atom. The Labute approximate surface area is 156 Å². The van der Waals surface area contributed by atoms with Crippen LogP contribution in [-0.2, 0) is 11.0 Å². The molecule has 0 radical (unpaired) electrons. The van der Waals surface area contributed by atoms with Gasteiger partial charge in [0.25, 0.3) is 0 Å². The summed E-state index contributed by atoms with van der Waals surface area (Å²) in [6, 6.07) is 14.2. The molecule has 0 aliphatic carbocycles. The Bertz CT molecular complexity index is 653. The van der Waals surface area contributed by atoms with Crippen LogP contribution < -0.4 is 11.1 Å². The van der Waals surface area contributed by atoms with Gasteiger partial charge in [-0.1, -0.05) is 48.5 Å². The van der Waals surface area contributed by atoms with Crippen molar-refractivity contribution >= 4 is 17.7 Å². The molecule has 2 aromatic rings. The number of hydrogen-bond acceptors (Lipinski definition) is 3. The number of halogens is 3. The Morgan fingerprint density at radius 3 is 2.27 bits per heavy atom. The van der Waals surface area contributed by atoms with Gasteiger partial charge in [0.1, 0.15) is 0 Å². The van der Waals surface area contributed by atoms with Crippen LogP contribution in [0.25, 0.3) is 11.1 Å². The summed E-state index contributed by atoms with van der Waals surface area (Å²) >= 11 is 1.71. The molecular formula is C19H23F3N2OS. The van der Waals surface area contributed by atoms with E-state index in [0.717, 1.165) is 24.8 Å². The van der Waals surface area contributed by atoms with Crippen molar-refractivity contribution in [3.05, 3.63) is 60.2 Å². The highest BCUT2D eigenvalue weighted by atomic mass is 32.2.